The van der Waals surface area contributed by atoms with Gasteiger partial charge in [0.1, 0.15) is 35.4 Å². The first kappa shape index (κ1) is 41.2. The van der Waals surface area contributed by atoms with Crippen molar-refractivity contribution < 1.29 is 28.7 Å². The number of carbonyl (C=O) groups excluding carboxylic acids is 4. The van der Waals surface area contributed by atoms with E-state index in [2.05, 4.69) is 71.3 Å². The highest BCUT2D eigenvalue weighted by Crippen LogP contribution is 2.55. The number of unbranched alkanes of at least 4 members (excludes halogenated alkanes) is 2. The number of piperidine rings is 1. The quantitative estimate of drug-likeness (QED) is 0.102. The number of halogens is 1. The second kappa shape index (κ2) is 16.5. The lowest BCUT2D eigenvalue weighted by Crippen LogP contribution is -2.74. The summed E-state index contributed by atoms with van der Waals surface area (Å²) in [7, 11) is 0. The summed E-state index contributed by atoms with van der Waals surface area (Å²) in [4.78, 5) is 60.5. The first-order valence-electron chi connectivity index (χ1n) is 20.9. The molecule has 2 saturated heterocycles. The van der Waals surface area contributed by atoms with E-state index >= 15 is 0 Å². The van der Waals surface area contributed by atoms with E-state index < -0.39 is 11.9 Å². The van der Waals surface area contributed by atoms with Crippen molar-refractivity contribution in [1.29, 1.82) is 5.26 Å². The first-order valence-corrected chi connectivity index (χ1v) is 21.3. The average Bonchev–Trinajstić information content (AvgIpc) is 3.75. The first-order chi connectivity index (χ1) is 28.7. The van der Waals surface area contributed by atoms with Gasteiger partial charge in [-0.15, -0.1) is 0 Å². The van der Waals surface area contributed by atoms with Crippen LogP contribution in [0.15, 0.2) is 60.7 Å². The lowest BCUT2D eigenvalue weighted by atomic mass is 9.49. The van der Waals surface area contributed by atoms with E-state index in [1.165, 1.54) is 0 Å². The number of ether oxygens (including phenoxy) is 2. The zero-order valence-electron chi connectivity index (χ0n) is 34.6. The molecule has 4 heterocycles. The number of nitrogens with one attached hydrogen (secondary N) is 3. The standard InChI is InChI=1S/C46H52ClN7O6/c1-45(2)43(46(3,4)44(45)60-32-14-10-29(26-48)35(47)25-32)51-40(56)28-8-12-31(13-9-28)59-23-7-5-6-18-52-19-21-53(22-20-52)30-11-15-36-33(24-30)34-27-54(42(58)39(34)49-36)37-16-17-38(55)50-41(37)57/h8-15,24-25,37,43-44,49H,5-7,16-23,27H2,1-4H3,(H,51,56)(H,50,55,57). The third kappa shape index (κ3) is 7.90. The molecule has 3 N–H and O–H groups in total. The topological polar surface area (TPSA) is 160 Å². The maximum atomic E-state index is 13.3. The third-order valence-corrected chi connectivity index (χ3v) is 13.3. The number of imide groups is 1. The highest BCUT2D eigenvalue weighted by molar-refractivity contribution is 6.31. The number of aromatic amines is 1. The maximum Gasteiger partial charge on any atom is 0.271 e. The summed E-state index contributed by atoms with van der Waals surface area (Å²) in [5, 5.41) is 16.2. The van der Waals surface area contributed by atoms with Crippen molar-refractivity contribution in [2.75, 3.05) is 44.2 Å². The van der Waals surface area contributed by atoms with E-state index in [1.807, 2.05) is 18.2 Å². The smallest absolute Gasteiger partial charge is 0.271 e. The number of anilines is 1. The largest absolute Gasteiger partial charge is 0.494 e. The van der Waals surface area contributed by atoms with Crippen molar-refractivity contribution in [2.45, 2.75) is 84.5 Å². The van der Waals surface area contributed by atoms with Crippen LogP contribution in [0.25, 0.3) is 10.9 Å². The molecule has 0 spiro atoms. The summed E-state index contributed by atoms with van der Waals surface area (Å²) in [5.74, 6) is 0.308. The average molecular weight is 834 g/mol. The molecule has 1 aliphatic carbocycles. The number of fused-ring (bicyclic) bond motifs is 3. The lowest BCUT2D eigenvalue weighted by molar-refractivity contribution is -0.164. The number of H-pyrrole nitrogens is 1. The molecule has 1 atom stereocenters. The van der Waals surface area contributed by atoms with Gasteiger partial charge in [0.2, 0.25) is 11.8 Å². The van der Waals surface area contributed by atoms with Gasteiger partial charge in [-0.3, -0.25) is 29.4 Å². The predicted molar refractivity (Wildman–Crippen MR) is 228 cm³/mol. The molecule has 0 radical (unpaired) electrons. The van der Waals surface area contributed by atoms with E-state index in [9.17, 15) is 24.4 Å². The lowest BCUT2D eigenvalue weighted by Gasteiger charge is -2.63. The van der Waals surface area contributed by atoms with Crippen LogP contribution in [0.1, 0.15) is 91.8 Å². The number of nitriles is 1. The summed E-state index contributed by atoms with van der Waals surface area (Å²) in [6.45, 7) is 14.1. The number of amides is 4. The van der Waals surface area contributed by atoms with Gasteiger partial charge in [0, 0.05) is 89.8 Å². The van der Waals surface area contributed by atoms with Gasteiger partial charge in [-0.25, -0.2) is 0 Å². The molecule has 8 rings (SSSR count). The maximum absolute atomic E-state index is 13.3. The third-order valence-electron chi connectivity index (χ3n) is 13.0. The van der Waals surface area contributed by atoms with Crippen LogP contribution < -0.4 is 25.0 Å². The monoisotopic (exact) mass is 833 g/mol. The normalized spacial score (nSPS) is 22.2. The number of hydrogen-bond donors (Lipinski definition) is 3. The van der Waals surface area contributed by atoms with E-state index in [0.29, 0.717) is 47.2 Å². The fourth-order valence-electron chi connectivity index (χ4n) is 9.94. The zero-order valence-corrected chi connectivity index (χ0v) is 35.4. The van der Waals surface area contributed by atoms with E-state index in [1.54, 1.807) is 35.2 Å². The van der Waals surface area contributed by atoms with Crippen molar-refractivity contribution in [3.05, 3.63) is 88.1 Å². The van der Waals surface area contributed by atoms with Crippen LogP contribution in [-0.4, -0.2) is 95.9 Å². The second-order valence-corrected chi connectivity index (χ2v) is 18.1. The fraction of sp³-hybridized carbons (Fsp3) is 0.457. The van der Waals surface area contributed by atoms with Crippen molar-refractivity contribution in [2.24, 2.45) is 10.8 Å². The molecule has 3 fully saturated rings. The predicted octanol–water partition coefficient (Wildman–Crippen LogP) is 6.44. The van der Waals surface area contributed by atoms with Crippen molar-refractivity contribution >= 4 is 51.8 Å². The minimum atomic E-state index is -0.630. The van der Waals surface area contributed by atoms with Crippen LogP contribution >= 0.6 is 11.6 Å². The van der Waals surface area contributed by atoms with Gasteiger partial charge in [0.25, 0.3) is 11.8 Å². The van der Waals surface area contributed by atoms with Gasteiger partial charge < -0.3 is 29.6 Å². The highest BCUT2D eigenvalue weighted by Gasteiger charge is 2.64. The number of rotatable bonds is 13. The van der Waals surface area contributed by atoms with Crippen molar-refractivity contribution in [3.8, 4) is 17.6 Å². The molecule has 0 bridgehead atoms. The molecule has 60 heavy (non-hydrogen) atoms. The number of hydrogen-bond acceptors (Lipinski definition) is 9. The van der Waals surface area contributed by atoms with Gasteiger partial charge in [-0.1, -0.05) is 39.3 Å². The number of aromatic nitrogens is 1. The Morgan fingerprint density at radius 2 is 1.67 bits per heavy atom. The molecule has 3 aromatic carbocycles. The van der Waals surface area contributed by atoms with Crippen molar-refractivity contribution in [1.82, 2.24) is 25.4 Å². The Morgan fingerprint density at radius 3 is 2.37 bits per heavy atom. The highest BCUT2D eigenvalue weighted by atomic mass is 35.5. The zero-order chi connectivity index (χ0) is 42.3. The molecule has 314 valence electrons. The van der Waals surface area contributed by atoms with Gasteiger partial charge in [-0.2, -0.15) is 5.26 Å². The van der Waals surface area contributed by atoms with Crippen LogP contribution in [0.2, 0.25) is 5.02 Å². The SMILES string of the molecule is CC1(C)C(NC(=O)c2ccc(OCCCCCN3CCN(c4ccc5[nH]c6c(c5c4)CN(C4CCC(=O)NC4=O)C6=O)CC3)cc2)C(C)(C)C1Oc1ccc(C#N)c(Cl)c1. The molecule has 14 heteroatoms. The van der Waals surface area contributed by atoms with E-state index in [0.717, 1.165) is 79.9 Å². The van der Waals surface area contributed by atoms with E-state index in [4.69, 9.17) is 21.1 Å². The molecule has 4 amide bonds. The minimum Gasteiger partial charge on any atom is -0.494 e. The molecule has 1 aromatic heterocycles. The molecular weight excluding hydrogens is 782 g/mol. The Labute approximate surface area is 355 Å². The Balaban J connectivity index is 0.739. The number of benzene rings is 3. The Bertz CT molecular complexity index is 2340. The summed E-state index contributed by atoms with van der Waals surface area (Å²) in [6, 6.07) is 20.0. The molecule has 4 aromatic rings. The summed E-state index contributed by atoms with van der Waals surface area (Å²) < 4.78 is 12.4. The number of carbonyl (C=O) groups is 4. The number of piperazine rings is 1. The molecule has 1 saturated carbocycles. The Hall–Kier alpha value is -5.58. The summed E-state index contributed by atoms with van der Waals surface area (Å²) in [6.07, 6.45) is 3.48. The summed E-state index contributed by atoms with van der Waals surface area (Å²) >= 11 is 6.24. The summed E-state index contributed by atoms with van der Waals surface area (Å²) in [5.41, 5.74) is 3.75. The molecule has 3 aliphatic heterocycles. The van der Waals surface area contributed by atoms with Crippen LogP contribution in [-0.2, 0) is 16.1 Å². The van der Waals surface area contributed by atoms with Crippen LogP contribution in [0.3, 0.4) is 0 Å². The fourth-order valence-corrected chi connectivity index (χ4v) is 10.2. The molecule has 13 nitrogen and oxygen atoms in total. The molecule has 1 unspecified atom stereocenters. The van der Waals surface area contributed by atoms with Gasteiger partial charge in [0.15, 0.2) is 0 Å². The van der Waals surface area contributed by atoms with Crippen LogP contribution in [0, 0.1) is 22.2 Å². The molecular formula is C46H52ClN7O6. The number of nitrogens with zero attached hydrogens (tertiary/aromatic N) is 4. The second-order valence-electron chi connectivity index (χ2n) is 17.7. The van der Waals surface area contributed by atoms with Crippen LogP contribution in [0.4, 0.5) is 5.69 Å². The van der Waals surface area contributed by atoms with Crippen LogP contribution in [0.5, 0.6) is 11.5 Å². The van der Waals surface area contributed by atoms with E-state index in [-0.39, 0.29) is 47.1 Å². The van der Waals surface area contributed by atoms with Gasteiger partial charge in [0.05, 0.1) is 17.2 Å². The molecule has 4 aliphatic rings. The van der Waals surface area contributed by atoms with Crippen molar-refractivity contribution in [3.63, 3.8) is 0 Å². The minimum absolute atomic E-state index is 0.130. The van der Waals surface area contributed by atoms with Gasteiger partial charge >= 0.3 is 0 Å². The Morgan fingerprint density at radius 1 is 0.933 bits per heavy atom. The van der Waals surface area contributed by atoms with Gasteiger partial charge in [-0.05, 0) is 86.8 Å². The Kier molecular flexibility index (Phi) is 11.3.